The van der Waals surface area contributed by atoms with Crippen molar-refractivity contribution in [3.63, 3.8) is 0 Å². The molecule has 0 radical (unpaired) electrons. The number of nitrogens with zero attached hydrogens (tertiary/aromatic N) is 2. The minimum Gasteiger partial charge on any atom is -0.454 e. The van der Waals surface area contributed by atoms with Crippen molar-refractivity contribution in [1.29, 1.82) is 5.26 Å². The summed E-state index contributed by atoms with van der Waals surface area (Å²) in [4.78, 5) is 2.38. The quantitative estimate of drug-likeness (QED) is 0.799. The van der Waals surface area contributed by atoms with Crippen LogP contribution in [-0.4, -0.2) is 31.3 Å². The summed E-state index contributed by atoms with van der Waals surface area (Å²) in [5.41, 5.74) is 2.91. The van der Waals surface area contributed by atoms with Crippen molar-refractivity contribution in [3.8, 4) is 17.6 Å². The Hall–Kier alpha value is -2.25. The van der Waals surface area contributed by atoms with Crippen molar-refractivity contribution in [2.75, 3.05) is 20.4 Å². The van der Waals surface area contributed by atoms with Gasteiger partial charge in [-0.15, -0.1) is 0 Å². The lowest BCUT2D eigenvalue weighted by Crippen LogP contribution is -2.40. The van der Waals surface area contributed by atoms with E-state index in [9.17, 15) is 5.26 Å². The van der Waals surface area contributed by atoms with Gasteiger partial charge < -0.3 is 9.47 Å². The van der Waals surface area contributed by atoms with Gasteiger partial charge in [-0.25, -0.2) is 0 Å². The van der Waals surface area contributed by atoms with E-state index >= 15 is 0 Å². The SMILES string of the molecule is CC1=C[C@@H]2N(C)CC[C@]2(c2cc(C#N)c3c(c2)OCO3)C=C1. The van der Waals surface area contributed by atoms with Crippen LogP contribution >= 0.6 is 0 Å². The standard InChI is InChI=1S/C18H18N2O2/c1-12-3-4-18(5-6-20(2)16(18)7-12)14-8-13(10-19)17-15(9-14)21-11-22-17/h3-4,7-9,16H,5-6,11H2,1-2H3/t16-,18-/m0/s1. The summed E-state index contributed by atoms with van der Waals surface area (Å²) in [6.45, 7) is 3.36. The number of benzene rings is 1. The van der Waals surface area contributed by atoms with Crippen LogP contribution in [0.4, 0.5) is 0 Å². The third-order valence-electron chi connectivity index (χ3n) is 5.08. The second-order valence-corrected chi connectivity index (χ2v) is 6.33. The van der Waals surface area contributed by atoms with E-state index in [1.807, 2.05) is 12.1 Å². The molecule has 2 atom stereocenters. The smallest absolute Gasteiger partial charge is 0.231 e. The molecule has 1 saturated heterocycles. The van der Waals surface area contributed by atoms with Gasteiger partial charge in [0.2, 0.25) is 6.79 Å². The molecule has 1 aromatic carbocycles. The Morgan fingerprint density at radius 3 is 3.05 bits per heavy atom. The average Bonchev–Trinajstić information content (AvgIpc) is 3.12. The summed E-state index contributed by atoms with van der Waals surface area (Å²) in [6, 6.07) is 6.59. The molecule has 0 aromatic heterocycles. The predicted octanol–water partition coefficient (Wildman–Crippen LogP) is 2.74. The first-order valence-corrected chi connectivity index (χ1v) is 7.56. The van der Waals surface area contributed by atoms with Crippen LogP contribution in [0.5, 0.6) is 11.5 Å². The molecule has 4 heteroatoms. The Morgan fingerprint density at radius 1 is 1.36 bits per heavy atom. The number of hydrogen-bond acceptors (Lipinski definition) is 4. The van der Waals surface area contributed by atoms with Crippen molar-refractivity contribution < 1.29 is 9.47 Å². The molecular formula is C18H18N2O2. The molecule has 112 valence electrons. The molecule has 0 bridgehead atoms. The second kappa shape index (κ2) is 4.62. The molecule has 1 fully saturated rings. The maximum absolute atomic E-state index is 9.43. The van der Waals surface area contributed by atoms with Crippen molar-refractivity contribution in [2.45, 2.75) is 24.8 Å². The summed E-state index contributed by atoms with van der Waals surface area (Å²) in [6.07, 6.45) is 7.85. The molecule has 2 heterocycles. The molecule has 0 N–H and O–H groups in total. The van der Waals surface area contributed by atoms with Gasteiger partial charge in [0, 0.05) is 11.5 Å². The van der Waals surface area contributed by atoms with E-state index in [1.165, 1.54) is 5.57 Å². The van der Waals surface area contributed by atoms with Gasteiger partial charge >= 0.3 is 0 Å². The zero-order valence-electron chi connectivity index (χ0n) is 12.8. The first kappa shape index (κ1) is 13.4. The molecule has 0 saturated carbocycles. The topological polar surface area (TPSA) is 45.5 Å². The van der Waals surface area contributed by atoms with Gasteiger partial charge in [-0.2, -0.15) is 5.26 Å². The summed E-state index contributed by atoms with van der Waals surface area (Å²) < 4.78 is 11.0. The average molecular weight is 294 g/mol. The van der Waals surface area contributed by atoms with E-state index in [-0.39, 0.29) is 12.2 Å². The van der Waals surface area contributed by atoms with E-state index in [2.05, 4.69) is 43.2 Å². The number of likely N-dealkylation sites (tertiary alicyclic amines) is 1. The Balaban J connectivity index is 1.88. The maximum atomic E-state index is 9.43. The molecule has 2 aliphatic heterocycles. The fourth-order valence-corrected chi connectivity index (χ4v) is 3.86. The van der Waals surface area contributed by atoms with Gasteiger partial charge in [0.05, 0.1) is 5.56 Å². The van der Waals surface area contributed by atoms with Gasteiger partial charge in [0.1, 0.15) is 6.07 Å². The first-order valence-electron chi connectivity index (χ1n) is 7.56. The van der Waals surface area contributed by atoms with E-state index in [4.69, 9.17) is 9.47 Å². The number of nitriles is 1. The van der Waals surface area contributed by atoms with E-state index in [1.54, 1.807) is 0 Å². The van der Waals surface area contributed by atoms with Gasteiger partial charge in [0.15, 0.2) is 11.5 Å². The van der Waals surface area contributed by atoms with E-state index in [0.29, 0.717) is 23.1 Å². The highest BCUT2D eigenvalue weighted by Crippen LogP contribution is 2.47. The van der Waals surface area contributed by atoms with Crippen molar-refractivity contribution in [1.82, 2.24) is 4.90 Å². The van der Waals surface area contributed by atoms with Gasteiger partial charge in [-0.1, -0.05) is 23.8 Å². The van der Waals surface area contributed by atoms with Crippen LogP contribution in [0.2, 0.25) is 0 Å². The normalized spacial score (nSPS) is 29.1. The first-order chi connectivity index (χ1) is 10.6. The van der Waals surface area contributed by atoms with Gasteiger partial charge in [-0.3, -0.25) is 4.90 Å². The number of allylic oxidation sites excluding steroid dienone is 2. The van der Waals surface area contributed by atoms with Crippen LogP contribution in [0.25, 0.3) is 0 Å². The zero-order chi connectivity index (χ0) is 15.3. The van der Waals surface area contributed by atoms with Gasteiger partial charge in [-0.05, 0) is 44.6 Å². The molecule has 0 amide bonds. The van der Waals surface area contributed by atoms with Gasteiger partial charge in [0.25, 0.3) is 0 Å². The minimum atomic E-state index is -0.0825. The maximum Gasteiger partial charge on any atom is 0.231 e. The molecule has 0 spiro atoms. The summed E-state index contributed by atoms with van der Waals surface area (Å²) in [5, 5.41) is 9.43. The molecule has 1 aliphatic carbocycles. The predicted molar refractivity (Wildman–Crippen MR) is 82.9 cm³/mol. The van der Waals surface area contributed by atoms with Crippen molar-refractivity contribution in [3.05, 3.63) is 47.1 Å². The number of hydrogen-bond donors (Lipinski definition) is 0. The molecule has 0 unspecified atom stereocenters. The number of rotatable bonds is 1. The molecule has 22 heavy (non-hydrogen) atoms. The second-order valence-electron chi connectivity index (χ2n) is 6.33. The highest BCUT2D eigenvalue weighted by molar-refractivity contribution is 5.59. The lowest BCUT2D eigenvalue weighted by atomic mass is 9.70. The summed E-state index contributed by atoms with van der Waals surface area (Å²) in [5.74, 6) is 1.27. The third kappa shape index (κ3) is 1.72. The van der Waals surface area contributed by atoms with Crippen LogP contribution < -0.4 is 9.47 Å². The van der Waals surface area contributed by atoms with Crippen LogP contribution in [-0.2, 0) is 5.41 Å². The fraction of sp³-hybridized carbons (Fsp3) is 0.389. The van der Waals surface area contributed by atoms with Crippen LogP contribution in [0, 0.1) is 11.3 Å². The Morgan fingerprint density at radius 2 is 2.23 bits per heavy atom. The van der Waals surface area contributed by atoms with Crippen LogP contribution in [0.15, 0.2) is 35.9 Å². The Bertz CT molecular complexity index is 744. The largest absolute Gasteiger partial charge is 0.454 e. The summed E-state index contributed by atoms with van der Waals surface area (Å²) in [7, 11) is 2.16. The molecule has 1 aromatic rings. The Labute approximate surface area is 130 Å². The van der Waals surface area contributed by atoms with Crippen LogP contribution in [0.3, 0.4) is 0 Å². The highest BCUT2D eigenvalue weighted by atomic mass is 16.7. The van der Waals surface area contributed by atoms with Crippen molar-refractivity contribution in [2.24, 2.45) is 0 Å². The van der Waals surface area contributed by atoms with Crippen molar-refractivity contribution >= 4 is 0 Å². The van der Waals surface area contributed by atoms with E-state index in [0.717, 1.165) is 18.5 Å². The van der Waals surface area contributed by atoms with Crippen LogP contribution in [0.1, 0.15) is 24.5 Å². The lowest BCUT2D eigenvalue weighted by molar-refractivity contribution is 0.173. The molecule has 3 aliphatic rings. The highest BCUT2D eigenvalue weighted by Gasteiger charge is 2.46. The lowest BCUT2D eigenvalue weighted by Gasteiger charge is -2.36. The fourth-order valence-electron chi connectivity index (χ4n) is 3.86. The third-order valence-corrected chi connectivity index (χ3v) is 5.08. The monoisotopic (exact) mass is 294 g/mol. The molecule has 4 nitrogen and oxygen atoms in total. The number of likely N-dealkylation sites (N-methyl/N-ethyl adjacent to an activating group) is 1. The Kier molecular flexibility index (Phi) is 2.82. The summed E-state index contributed by atoms with van der Waals surface area (Å²) >= 11 is 0. The number of fused-ring (bicyclic) bond motifs is 2. The number of ether oxygens (including phenoxy) is 2. The molecular weight excluding hydrogens is 276 g/mol. The van der Waals surface area contributed by atoms with E-state index < -0.39 is 0 Å². The minimum absolute atomic E-state index is 0.0825. The zero-order valence-corrected chi connectivity index (χ0v) is 12.8. The molecule has 4 rings (SSSR count).